The van der Waals surface area contributed by atoms with Crippen LogP contribution in [0.25, 0.3) is 16.5 Å². The van der Waals surface area contributed by atoms with Crippen molar-refractivity contribution in [3.05, 3.63) is 52.7 Å². The summed E-state index contributed by atoms with van der Waals surface area (Å²) in [6.45, 7) is 7.49. The first-order valence-electron chi connectivity index (χ1n) is 13.6. The zero-order valence-corrected chi connectivity index (χ0v) is 22.2. The van der Waals surface area contributed by atoms with Gasteiger partial charge in [0.2, 0.25) is 5.91 Å². The number of aromatic amines is 1. The molecule has 7 heteroatoms. The van der Waals surface area contributed by atoms with Crippen LogP contribution in [-0.2, 0) is 4.79 Å². The van der Waals surface area contributed by atoms with Crippen molar-refractivity contribution in [3.8, 4) is 0 Å². The molecule has 3 aliphatic rings. The van der Waals surface area contributed by atoms with Gasteiger partial charge in [-0.1, -0.05) is 26.0 Å². The molecular formula is C30H38F2N4O. The van der Waals surface area contributed by atoms with Crippen molar-refractivity contribution >= 4 is 28.1 Å². The Kier molecular flexibility index (Phi) is 7.10. The van der Waals surface area contributed by atoms with Gasteiger partial charge in [0, 0.05) is 22.3 Å². The van der Waals surface area contributed by atoms with E-state index in [4.69, 9.17) is 5.41 Å². The Labute approximate surface area is 218 Å². The van der Waals surface area contributed by atoms with Crippen molar-refractivity contribution in [1.29, 1.82) is 5.41 Å². The molecule has 1 aromatic carbocycles. The zero-order valence-electron chi connectivity index (χ0n) is 22.2. The molecule has 37 heavy (non-hydrogen) atoms. The number of hydrogen-bond donors (Lipinski definition) is 2. The van der Waals surface area contributed by atoms with Crippen molar-refractivity contribution in [2.45, 2.75) is 70.6 Å². The molecule has 0 spiro atoms. The lowest BCUT2D eigenvalue weighted by molar-refractivity contribution is -0.166. The maximum absolute atomic E-state index is 13.1. The lowest BCUT2D eigenvalue weighted by Gasteiger charge is -2.40. The van der Waals surface area contributed by atoms with Crippen molar-refractivity contribution in [2.24, 2.45) is 0 Å². The highest BCUT2D eigenvalue weighted by Crippen LogP contribution is 2.38. The predicted octanol–water partition coefficient (Wildman–Crippen LogP) is 6.48. The molecule has 3 heterocycles. The number of halogens is 2. The molecule has 2 saturated heterocycles. The third-order valence-corrected chi connectivity index (χ3v) is 8.19. The first kappa shape index (κ1) is 25.8. The van der Waals surface area contributed by atoms with E-state index in [1.165, 1.54) is 32.7 Å². The third-order valence-electron chi connectivity index (χ3n) is 8.19. The first-order valence-corrected chi connectivity index (χ1v) is 13.6. The fourth-order valence-corrected chi connectivity index (χ4v) is 6.00. The minimum atomic E-state index is -2.71. The van der Waals surface area contributed by atoms with E-state index >= 15 is 0 Å². The summed E-state index contributed by atoms with van der Waals surface area (Å²) in [7, 11) is 0. The average Bonchev–Trinajstić information content (AvgIpc) is 3.22. The van der Waals surface area contributed by atoms with Crippen LogP contribution in [0, 0.1) is 5.41 Å². The fraction of sp³-hybridized carbons (Fsp3) is 0.533. The van der Waals surface area contributed by atoms with Gasteiger partial charge >= 0.3 is 0 Å². The lowest BCUT2D eigenvalue weighted by atomic mass is 9.87. The van der Waals surface area contributed by atoms with Crippen molar-refractivity contribution in [3.63, 3.8) is 0 Å². The molecule has 0 atom stereocenters. The summed E-state index contributed by atoms with van der Waals surface area (Å²) in [5, 5.41) is 9.58. The van der Waals surface area contributed by atoms with Crippen LogP contribution in [0.15, 0.2) is 35.9 Å². The maximum Gasteiger partial charge on any atom is 0.282 e. The number of H-pyrrole nitrogens is 1. The van der Waals surface area contributed by atoms with E-state index in [0.717, 1.165) is 62.0 Å². The number of rotatable bonds is 5. The molecule has 0 saturated carbocycles. The molecule has 2 fully saturated rings. The van der Waals surface area contributed by atoms with Gasteiger partial charge in [0.1, 0.15) is 0 Å². The lowest BCUT2D eigenvalue weighted by Crippen LogP contribution is -2.60. The number of aromatic nitrogens is 1. The standard InChI is InChI=1S/C30H38F2N4O/c1-19(2)28-24-15-22(21-10-12-35(13-11-21)16-27(37)36-17-30(31,32)18-36)8-9-26(24)34-29(28)23-6-4-5-7-25(33)20(3)14-23/h6,8-9,14-15,19,21,33-34H,4-5,7,10-13,16-18H2,1-3H3. The van der Waals surface area contributed by atoms with Gasteiger partial charge in [0.15, 0.2) is 0 Å². The van der Waals surface area contributed by atoms with Gasteiger partial charge in [-0.25, -0.2) is 8.78 Å². The van der Waals surface area contributed by atoms with E-state index in [1.54, 1.807) is 0 Å². The molecule has 0 bridgehead atoms. The smallest absolute Gasteiger partial charge is 0.282 e. The molecule has 0 radical (unpaired) electrons. The van der Waals surface area contributed by atoms with Crippen LogP contribution in [0.3, 0.4) is 0 Å². The second kappa shape index (κ2) is 10.2. The van der Waals surface area contributed by atoms with Gasteiger partial charge in [-0.3, -0.25) is 9.69 Å². The molecule has 2 aliphatic heterocycles. The van der Waals surface area contributed by atoms with E-state index in [1.807, 2.05) is 6.92 Å². The molecule has 5 rings (SSSR count). The number of fused-ring (bicyclic) bond motifs is 1. The topological polar surface area (TPSA) is 63.2 Å². The van der Waals surface area contributed by atoms with Gasteiger partial charge in [0.05, 0.1) is 19.6 Å². The van der Waals surface area contributed by atoms with Crippen LogP contribution in [0.2, 0.25) is 0 Å². The second-order valence-corrected chi connectivity index (χ2v) is 11.4. The number of carbonyl (C=O) groups excluding carboxylic acids is 1. The minimum absolute atomic E-state index is 0.185. The Balaban J connectivity index is 1.33. The van der Waals surface area contributed by atoms with Crippen LogP contribution < -0.4 is 0 Å². The molecular weight excluding hydrogens is 470 g/mol. The van der Waals surface area contributed by atoms with Gasteiger partial charge in [0.25, 0.3) is 5.92 Å². The van der Waals surface area contributed by atoms with Crippen molar-refractivity contribution in [2.75, 3.05) is 32.7 Å². The van der Waals surface area contributed by atoms with E-state index in [2.05, 4.69) is 54.1 Å². The van der Waals surface area contributed by atoms with E-state index in [-0.39, 0.29) is 12.5 Å². The molecule has 198 valence electrons. The Morgan fingerprint density at radius 3 is 2.62 bits per heavy atom. The number of nitrogens with one attached hydrogen (secondary N) is 2. The van der Waals surface area contributed by atoms with Crippen molar-refractivity contribution < 1.29 is 13.6 Å². The molecule has 1 aromatic heterocycles. The monoisotopic (exact) mass is 508 g/mol. The molecule has 5 nitrogen and oxygen atoms in total. The number of benzene rings is 1. The van der Waals surface area contributed by atoms with Crippen LogP contribution in [0.4, 0.5) is 8.78 Å². The normalized spacial score (nSPS) is 21.5. The summed E-state index contributed by atoms with van der Waals surface area (Å²) in [4.78, 5) is 19.4. The van der Waals surface area contributed by atoms with Crippen molar-refractivity contribution in [1.82, 2.24) is 14.8 Å². The highest BCUT2D eigenvalue weighted by Gasteiger charge is 2.46. The summed E-state index contributed by atoms with van der Waals surface area (Å²) in [5.74, 6) is -2.13. The number of carbonyl (C=O) groups is 1. The first-order chi connectivity index (χ1) is 17.6. The molecule has 1 amide bonds. The number of nitrogens with zero attached hydrogens (tertiary/aromatic N) is 2. The number of amides is 1. The predicted molar refractivity (Wildman–Crippen MR) is 146 cm³/mol. The van der Waals surface area contributed by atoms with Gasteiger partial charge < -0.3 is 15.3 Å². The molecule has 2 N–H and O–H groups in total. The molecule has 2 aromatic rings. The minimum Gasteiger partial charge on any atom is -0.354 e. The Morgan fingerprint density at radius 2 is 1.95 bits per heavy atom. The van der Waals surface area contributed by atoms with Crippen LogP contribution in [0.5, 0.6) is 0 Å². The average molecular weight is 509 g/mol. The van der Waals surface area contributed by atoms with Crippen LogP contribution in [0.1, 0.15) is 81.5 Å². The summed E-state index contributed by atoms with van der Waals surface area (Å²) in [5.41, 5.74) is 7.91. The second-order valence-electron chi connectivity index (χ2n) is 11.4. The van der Waals surface area contributed by atoms with E-state index < -0.39 is 19.0 Å². The van der Waals surface area contributed by atoms with Gasteiger partial charge in [-0.15, -0.1) is 0 Å². The Bertz CT molecular complexity index is 1260. The highest BCUT2D eigenvalue weighted by atomic mass is 19.3. The maximum atomic E-state index is 13.1. The SMILES string of the molecule is CC1=CC(c2[nH]c3ccc(C4CCN(CC(=O)N5CC(F)(F)C5)CC4)cc3c2C(C)C)=CCCCC1=N. The largest absolute Gasteiger partial charge is 0.354 e. The highest BCUT2D eigenvalue weighted by molar-refractivity contribution is 6.01. The summed E-state index contributed by atoms with van der Waals surface area (Å²) >= 11 is 0. The summed E-state index contributed by atoms with van der Waals surface area (Å²) in [6.07, 6.45) is 9.20. The Morgan fingerprint density at radius 1 is 1.22 bits per heavy atom. The fourth-order valence-electron chi connectivity index (χ4n) is 6.00. The number of likely N-dealkylation sites (tertiary alicyclic amines) is 2. The van der Waals surface area contributed by atoms with Gasteiger partial charge in [-0.2, -0.15) is 0 Å². The van der Waals surface area contributed by atoms with E-state index in [9.17, 15) is 13.6 Å². The van der Waals surface area contributed by atoms with E-state index in [0.29, 0.717) is 11.8 Å². The molecule has 0 unspecified atom stereocenters. The number of hydrogen-bond acceptors (Lipinski definition) is 3. The quantitative estimate of drug-likeness (QED) is 0.485. The summed E-state index contributed by atoms with van der Waals surface area (Å²) in [6, 6.07) is 6.77. The Hall–Kier alpha value is -2.80. The third kappa shape index (κ3) is 5.42. The van der Waals surface area contributed by atoms with Crippen LogP contribution in [-0.4, -0.2) is 65.0 Å². The molecule has 1 aliphatic carbocycles. The number of allylic oxidation sites excluding steroid dienone is 4. The number of piperidine rings is 1. The summed E-state index contributed by atoms with van der Waals surface area (Å²) < 4.78 is 26.2. The zero-order chi connectivity index (χ0) is 26.3. The number of alkyl halides is 2. The van der Waals surface area contributed by atoms with Crippen LogP contribution >= 0.6 is 0 Å². The van der Waals surface area contributed by atoms with Gasteiger partial charge in [-0.05, 0) is 104 Å².